The summed E-state index contributed by atoms with van der Waals surface area (Å²) in [6.45, 7) is 2.25. The molecule has 2 aromatic rings. The molecule has 0 amide bonds. The average Bonchev–Trinajstić information content (AvgIpc) is 2.37. The van der Waals surface area contributed by atoms with E-state index in [9.17, 15) is 0 Å². The molecule has 0 N–H and O–H groups in total. The van der Waals surface area contributed by atoms with E-state index in [2.05, 4.69) is 55.5 Å². The van der Waals surface area contributed by atoms with Crippen molar-refractivity contribution in [3.05, 3.63) is 48.5 Å². The van der Waals surface area contributed by atoms with E-state index in [-0.39, 0.29) is 0 Å². The summed E-state index contributed by atoms with van der Waals surface area (Å²) >= 11 is 1.11. The van der Waals surface area contributed by atoms with Crippen LogP contribution >= 0.6 is 0 Å². The van der Waals surface area contributed by atoms with Gasteiger partial charge in [0, 0.05) is 0 Å². The van der Waals surface area contributed by atoms with Gasteiger partial charge in [-0.1, -0.05) is 48.5 Å². The van der Waals surface area contributed by atoms with Gasteiger partial charge in [-0.3, -0.25) is 0 Å². The van der Waals surface area contributed by atoms with Crippen LogP contribution in [-0.2, 0) is 0 Å². The minimum Gasteiger partial charge on any atom is -0.0616 e. The molecule has 0 fully saturated rings. The number of fused-ring (bicyclic) bond motifs is 1. The van der Waals surface area contributed by atoms with E-state index in [0.29, 0.717) is 0 Å². The summed E-state index contributed by atoms with van der Waals surface area (Å²) < 4.78 is 1.54. The fourth-order valence-corrected chi connectivity index (χ4v) is 2.41. The van der Waals surface area contributed by atoms with Crippen LogP contribution in [0.5, 0.6) is 0 Å². The first-order chi connectivity index (χ1) is 7.88. The number of hydrogen-bond acceptors (Lipinski definition) is 0. The molecular formula is C15H19K. The molecule has 2 rings (SSSR count). The third kappa shape index (κ3) is 5.60. The molecular weight excluding hydrogens is 219 g/mol. The maximum atomic E-state index is 2.25. The Balaban J connectivity index is 0.000000187. The van der Waals surface area contributed by atoms with Crippen LogP contribution in [0.2, 0.25) is 0.515 Å². The van der Waals surface area contributed by atoms with Crippen molar-refractivity contribution in [2.24, 2.45) is 0 Å². The number of rotatable bonds is 3. The molecule has 0 bridgehead atoms. The Kier molecular flexibility index (Phi) is 8.44. The molecule has 0 radical (unpaired) electrons. The summed E-state index contributed by atoms with van der Waals surface area (Å²) in [6.07, 6.45) is 4.34. The van der Waals surface area contributed by atoms with Gasteiger partial charge < -0.3 is 0 Å². The zero-order valence-corrected chi connectivity index (χ0v) is 13.6. The number of hydrogen-bond donors (Lipinski definition) is 0. The van der Waals surface area contributed by atoms with Crippen LogP contribution in [0.15, 0.2) is 48.5 Å². The molecule has 0 aliphatic rings. The van der Waals surface area contributed by atoms with Crippen molar-refractivity contribution in [1.29, 1.82) is 0 Å². The van der Waals surface area contributed by atoms with E-state index in [1.54, 1.807) is 0.515 Å². The number of unbranched alkanes of at least 4 members (excludes halogenated alkanes) is 2. The van der Waals surface area contributed by atoms with Crippen LogP contribution < -0.4 is 0 Å². The van der Waals surface area contributed by atoms with Gasteiger partial charge in [-0.2, -0.15) is 0 Å². The van der Waals surface area contributed by atoms with Crippen molar-refractivity contribution < 1.29 is 0 Å². The molecule has 1 heteroatoms. The molecule has 0 aliphatic heterocycles. The third-order valence-electron chi connectivity index (χ3n) is 2.62. The van der Waals surface area contributed by atoms with E-state index in [1.165, 1.54) is 30.0 Å². The van der Waals surface area contributed by atoms with Crippen LogP contribution in [-0.4, -0.2) is 49.0 Å². The zero-order chi connectivity index (χ0) is 11.6. The average molecular weight is 238 g/mol. The van der Waals surface area contributed by atoms with Gasteiger partial charge in [-0.25, -0.2) is 0 Å². The molecule has 2 aromatic carbocycles. The predicted octanol–water partition coefficient (Wildman–Crippen LogP) is 4.60. The topological polar surface area (TPSA) is 0 Å². The van der Waals surface area contributed by atoms with E-state index in [0.717, 1.165) is 49.0 Å². The Morgan fingerprint density at radius 1 is 0.812 bits per heavy atom. The van der Waals surface area contributed by atoms with Gasteiger partial charge in [0.2, 0.25) is 0 Å². The van der Waals surface area contributed by atoms with Gasteiger partial charge in [-0.05, 0) is 10.8 Å². The largest absolute Gasteiger partial charge is 0.0616 e. The second-order valence-electron chi connectivity index (χ2n) is 4.05. The van der Waals surface area contributed by atoms with Crippen LogP contribution in [0.1, 0.15) is 26.2 Å². The Labute approximate surface area is 133 Å². The van der Waals surface area contributed by atoms with Crippen molar-refractivity contribution in [3.63, 3.8) is 0 Å². The standard InChI is InChI=1S/C10H8.C5H11.K/c1-2-6-10-8-4-3-7-9(10)5-1;1-3-5-4-2;/h1-8H;1,3-5H2,2H3;. The second kappa shape index (κ2) is 9.38. The van der Waals surface area contributed by atoms with Crippen molar-refractivity contribution in [1.82, 2.24) is 0 Å². The van der Waals surface area contributed by atoms with Gasteiger partial charge >= 0.3 is 75.7 Å². The van der Waals surface area contributed by atoms with E-state index in [4.69, 9.17) is 0 Å². The van der Waals surface area contributed by atoms with Crippen LogP contribution in [0.3, 0.4) is 0 Å². The Bertz CT molecular complexity index is 326. The minimum atomic E-state index is 1.11. The molecule has 0 aromatic heterocycles. The summed E-state index contributed by atoms with van der Waals surface area (Å²) in [6, 6.07) is 16.7. The summed E-state index contributed by atoms with van der Waals surface area (Å²) in [5.74, 6) is 0. The first-order valence-corrected chi connectivity index (χ1v) is 8.53. The van der Waals surface area contributed by atoms with Gasteiger partial charge in [0.1, 0.15) is 0 Å². The second-order valence-corrected chi connectivity index (χ2v) is 5.62. The van der Waals surface area contributed by atoms with Crippen LogP contribution in [0, 0.1) is 0 Å². The Morgan fingerprint density at radius 3 is 1.50 bits per heavy atom. The molecule has 0 spiro atoms. The van der Waals surface area contributed by atoms with E-state index >= 15 is 0 Å². The smallest absolute Gasteiger partial charge is 0.0184 e. The Hall–Kier alpha value is 0.336. The van der Waals surface area contributed by atoms with Gasteiger partial charge in [-0.15, -0.1) is 0 Å². The summed E-state index contributed by atoms with van der Waals surface area (Å²) in [5, 5.41) is 2.62. The minimum absolute atomic E-state index is 1.11. The van der Waals surface area contributed by atoms with Crippen LogP contribution in [0.4, 0.5) is 0 Å². The first-order valence-electron chi connectivity index (χ1n) is 6.32. The number of benzene rings is 2. The van der Waals surface area contributed by atoms with Crippen molar-refractivity contribution in [3.8, 4) is 0 Å². The summed E-state index contributed by atoms with van der Waals surface area (Å²) in [7, 11) is 0. The Morgan fingerprint density at radius 2 is 1.25 bits per heavy atom. The molecule has 0 nitrogen and oxygen atoms in total. The van der Waals surface area contributed by atoms with Gasteiger partial charge in [0.15, 0.2) is 0 Å². The van der Waals surface area contributed by atoms with Crippen molar-refractivity contribution >= 4 is 59.7 Å². The normalized spacial score (nSPS) is 9.69. The molecule has 0 saturated heterocycles. The monoisotopic (exact) mass is 238 g/mol. The molecule has 0 aliphatic carbocycles. The molecule has 16 heavy (non-hydrogen) atoms. The molecule has 0 saturated carbocycles. The SMILES string of the molecule is CCCC[CH2][K].c1ccc2ccccc2c1. The molecule has 0 unspecified atom stereocenters. The first kappa shape index (κ1) is 14.4. The van der Waals surface area contributed by atoms with E-state index < -0.39 is 0 Å². The van der Waals surface area contributed by atoms with E-state index in [1.807, 2.05) is 0 Å². The fourth-order valence-electron chi connectivity index (χ4n) is 1.63. The summed E-state index contributed by atoms with van der Waals surface area (Å²) in [5.41, 5.74) is 0. The third-order valence-corrected chi connectivity index (χ3v) is 3.72. The summed E-state index contributed by atoms with van der Waals surface area (Å²) in [4.78, 5) is 0. The maximum absolute atomic E-state index is 2.25. The molecule has 0 atom stereocenters. The maximum Gasteiger partial charge on any atom is -0.0184 e. The zero-order valence-electron chi connectivity index (χ0n) is 10.4. The predicted molar refractivity (Wildman–Crippen MR) is 74.0 cm³/mol. The molecule has 0 heterocycles. The van der Waals surface area contributed by atoms with Gasteiger partial charge in [0.25, 0.3) is 0 Å². The van der Waals surface area contributed by atoms with Gasteiger partial charge in [0.05, 0.1) is 0 Å². The molecule has 80 valence electrons. The van der Waals surface area contributed by atoms with Crippen molar-refractivity contribution in [2.45, 2.75) is 26.7 Å². The van der Waals surface area contributed by atoms with Crippen LogP contribution in [0.25, 0.3) is 10.8 Å². The quantitative estimate of drug-likeness (QED) is 0.541. The van der Waals surface area contributed by atoms with Crippen molar-refractivity contribution in [2.75, 3.05) is 0 Å². The fraction of sp³-hybridized carbons (Fsp3) is 0.333.